The van der Waals surface area contributed by atoms with Gasteiger partial charge in [-0.15, -0.1) is 0 Å². The zero-order chi connectivity index (χ0) is 12.3. The molecule has 1 aliphatic heterocycles. The van der Waals surface area contributed by atoms with Crippen molar-refractivity contribution in [3.8, 4) is 0 Å². The van der Waals surface area contributed by atoms with Crippen molar-refractivity contribution in [2.45, 2.75) is 26.3 Å². The first-order valence-corrected chi connectivity index (χ1v) is 6.12. The van der Waals surface area contributed by atoms with Gasteiger partial charge in [0.05, 0.1) is 0 Å². The van der Waals surface area contributed by atoms with E-state index < -0.39 is 0 Å². The van der Waals surface area contributed by atoms with Gasteiger partial charge < -0.3 is 0 Å². The highest BCUT2D eigenvalue weighted by molar-refractivity contribution is 5.78. The molecule has 1 fully saturated rings. The summed E-state index contributed by atoms with van der Waals surface area (Å²) in [6.45, 7) is 4.32. The number of carbonyl (C=O) groups excluding carboxylic acids is 1. The van der Waals surface area contributed by atoms with E-state index in [9.17, 15) is 9.18 Å². The lowest BCUT2D eigenvalue weighted by Crippen LogP contribution is -2.35. The molecule has 92 valence electrons. The van der Waals surface area contributed by atoms with Crippen molar-refractivity contribution in [1.29, 1.82) is 0 Å². The first-order chi connectivity index (χ1) is 8.15. The Balaban J connectivity index is 1.88. The number of nitrogens with zero attached hydrogens (tertiary/aromatic N) is 1. The zero-order valence-electron chi connectivity index (χ0n) is 10.2. The number of halogens is 1. The van der Waals surface area contributed by atoms with Crippen molar-refractivity contribution in [2.24, 2.45) is 5.92 Å². The number of ketones is 1. The van der Waals surface area contributed by atoms with E-state index in [-0.39, 0.29) is 11.7 Å². The van der Waals surface area contributed by atoms with Crippen molar-refractivity contribution in [1.82, 2.24) is 4.90 Å². The average Bonchev–Trinajstić information content (AvgIpc) is 2.29. The lowest BCUT2D eigenvalue weighted by Gasteiger charge is -2.30. The smallest absolute Gasteiger partial charge is 0.133 e. The molecule has 0 aromatic heterocycles. The van der Waals surface area contributed by atoms with Gasteiger partial charge in [-0.2, -0.15) is 0 Å². The second kappa shape index (κ2) is 5.41. The molecule has 0 bridgehead atoms. The Hall–Kier alpha value is -1.22. The normalized spacial score (nSPS) is 18.2. The maximum absolute atomic E-state index is 13.0. The summed E-state index contributed by atoms with van der Waals surface area (Å²) in [6, 6.07) is 6.73. The zero-order valence-corrected chi connectivity index (χ0v) is 10.2. The van der Waals surface area contributed by atoms with Gasteiger partial charge >= 0.3 is 0 Å². The topological polar surface area (TPSA) is 20.3 Å². The van der Waals surface area contributed by atoms with E-state index in [1.54, 1.807) is 19.1 Å². The van der Waals surface area contributed by atoms with Gasteiger partial charge in [-0.3, -0.25) is 9.69 Å². The van der Waals surface area contributed by atoms with Crippen LogP contribution in [0.3, 0.4) is 0 Å². The van der Waals surface area contributed by atoms with E-state index in [0.717, 1.165) is 38.0 Å². The monoisotopic (exact) mass is 235 g/mol. The molecule has 17 heavy (non-hydrogen) atoms. The second-order valence-electron chi connectivity index (χ2n) is 4.79. The number of piperidine rings is 1. The largest absolute Gasteiger partial charge is 0.300 e. The lowest BCUT2D eigenvalue weighted by atomic mass is 9.93. The van der Waals surface area contributed by atoms with E-state index in [1.165, 1.54) is 6.07 Å². The van der Waals surface area contributed by atoms with E-state index in [1.807, 2.05) is 6.07 Å². The second-order valence-corrected chi connectivity index (χ2v) is 4.79. The van der Waals surface area contributed by atoms with E-state index in [2.05, 4.69) is 4.90 Å². The Labute approximate surface area is 101 Å². The Kier molecular flexibility index (Phi) is 3.89. The predicted molar refractivity (Wildman–Crippen MR) is 65.1 cm³/mol. The van der Waals surface area contributed by atoms with Crippen LogP contribution in [0.5, 0.6) is 0 Å². The maximum atomic E-state index is 13.0. The van der Waals surface area contributed by atoms with Crippen molar-refractivity contribution in [3.05, 3.63) is 35.6 Å². The molecule has 3 heteroatoms. The molecule has 0 aliphatic carbocycles. The predicted octanol–water partition coefficient (Wildman–Crippen LogP) is 2.63. The first-order valence-electron chi connectivity index (χ1n) is 6.12. The Morgan fingerprint density at radius 2 is 2.12 bits per heavy atom. The van der Waals surface area contributed by atoms with Crippen LogP contribution in [0.15, 0.2) is 24.3 Å². The molecule has 0 N–H and O–H groups in total. The van der Waals surface area contributed by atoms with Crippen LogP contribution >= 0.6 is 0 Å². The van der Waals surface area contributed by atoms with E-state index >= 15 is 0 Å². The van der Waals surface area contributed by atoms with Crippen LogP contribution in [-0.2, 0) is 11.3 Å². The minimum absolute atomic E-state index is 0.180. The molecule has 1 heterocycles. The van der Waals surface area contributed by atoms with Crippen molar-refractivity contribution < 1.29 is 9.18 Å². The SMILES string of the molecule is CC(=O)C1CCN(Cc2cccc(F)c2)CC1. The minimum Gasteiger partial charge on any atom is -0.300 e. The number of Topliss-reactive ketones (excluding diaryl/α,β-unsaturated/α-hetero) is 1. The highest BCUT2D eigenvalue weighted by Crippen LogP contribution is 2.19. The molecule has 2 nitrogen and oxygen atoms in total. The summed E-state index contributed by atoms with van der Waals surface area (Å²) in [5, 5.41) is 0. The van der Waals surface area contributed by atoms with Crippen LogP contribution in [0, 0.1) is 11.7 Å². The van der Waals surface area contributed by atoms with Gasteiger partial charge in [0.2, 0.25) is 0 Å². The summed E-state index contributed by atoms with van der Waals surface area (Å²) in [5.41, 5.74) is 1.01. The molecule has 1 aliphatic rings. The number of hydrogen-bond acceptors (Lipinski definition) is 2. The van der Waals surface area contributed by atoms with Gasteiger partial charge in [-0.25, -0.2) is 4.39 Å². The summed E-state index contributed by atoms with van der Waals surface area (Å²) in [6.07, 6.45) is 1.87. The van der Waals surface area contributed by atoms with Crippen LogP contribution in [-0.4, -0.2) is 23.8 Å². The molecule has 0 amide bonds. The Bertz CT molecular complexity index is 397. The summed E-state index contributed by atoms with van der Waals surface area (Å²) in [4.78, 5) is 13.5. The van der Waals surface area contributed by atoms with E-state index in [4.69, 9.17) is 0 Å². The number of benzene rings is 1. The number of rotatable bonds is 3. The highest BCUT2D eigenvalue weighted by Gasteiger charge is 2.22. The standard InChI is InChI=1S/C14H18FNO/c1-11(17)13-5-7-16(8-6-13)10-12-3-2-4-14(15)9-12/h2-4,9,13H,5-8,10H2,1H3. The molecule has 0 unspecified atom stereocenters. The molecule has 1 saturated heterocycles. The quantitative estimate of drug-likeness (QED) is 0.802. The van der Waals surface area contributed by atoms with Crippen molar-refractivity contribution in [2.75, 3.05) is 13.1 Å². The van der Waals surface area contributed by atoms with Gasteiger partial charge in [0.1, 0.15) is 11.6 Å². The van der Waals surface area contributed by atoms with E-state index in [0.29, 0.717) is 5.78 Å². The fraction of sp³-hybridized carbons (Fsp3) is 0.500. The van der Waals surface area contributed by atoms with Gasteiger partial charge in [-0.05, 0) is 50.6 Å². The first kappa shape index (κ1) is 12.2. The molecular formula is C14H18FNO. The Morgan fingerprint density at radius 1 is 1.41 bits per heavy atom. The molecule has 0 saturated carbocycles. The van der Waals surface area contributed by atoms with Crippen LogP contribution in [0.1, 0.15) is 25.3 Å². The molecular weight excluding hydrogens is 217 g/mol. The molecule has 1 aromatic rings. The lowest BCUT2D eigenvalue weighted by molar-refractivity contribution is -0.122. The highest BCUT2D eigenvalue weighted by atomic mass is 19.1. The molecule has 1 aromatic carbocycles. The van der Waals surface area contributed by atoms with Gasteiger partial charge in [0, 0.05) is 12.5 Å². The molecule has 0 radical (unpaired) electrons. The van der Waals surface area contributed by atoms with Crippen LogP contribution < -0.4 is 0 Å². The van der Waals surface area contributed by atoms with Crippen molar-refractivity contribution >= 4 is 5.78 Å². The Morgan fingerprint density at radius 3 is 2.71 bits per heavy atom. The number of hydrogen-bond donors (Lipinski definition) is 0. The summed E-state index contributed by atoms with van der Waals surface area (Å²) in [7, 11) is 0. The van der Waals surface area contributed by atoms with Crippen LogP contribution in [0.25, 0.3) is 0 Å². The molecule has 0 atom stereocenters. The third-order valence-corrected chi connectivity index (χ3v) is 3.46. The summed E-state index contributed by atoms with van der Waals surface area (Å²) >= 11 is 0. The van der Waals surface area contributed by atoms with Crippen LogP contribution in [0.4, 0.5) is 4.39 Å². The minimum atomic E-state index is -0.180. The van der Waals surface area contributed by atoms with Gasteiger partial charge in [0.15, 0.2) is 0 Å². The van der Waals surface area contributed by atoms with Gasteiger partial charge in [0.25, 0.3) is 0 Å². The summed E-state index contributed by atoms with van der Waals surface area (Å²) < 4.78 is 13.0. The number of likely N-dealkylation sites (tertiary alicyclic amines) is 1. The third-order valence-electron chi connectivity index (χ3n) is 3.46. The maximum Gasteiger partial charge on any atom is 0.133 e. The average molecular weight is 235 g/mol. The van der Waals surface area contributed by atoms with Crippen molar-refractivity contribution in [3.63, 3.8) is 0 Å². The van der Waals surface area contributed by atoms with Gasteiger partial charge in [-0.1, -0.05) is 12.1 Å². The van der Waals surface area contributed by atoms with Crippen LogP contribution in [0.2, 0.25) is 0 Å². The fourth-order valence-corrected chi connectivity index (χ4v) is 2.39. The fourth-order valence-electron chi connectivity index (χ4n) is 2.39. The number of carbonyl (C=O) groups is 1. The molecule has 0 spiro atoms. The summed E-state index contributed by atoms with van der Waals surface area (Å²) in [5.74, 6) is 0.357. The molecule has 2 rings (SSSR count). The third kappa shape index (κ3) is 3.37.